The first-order chi connectivity index (χ1) is 13.9. The second kappa shape index (κ2) is 9.67. The van der Waals surface area contributed by atoms with Crippen molar-refractivity contribution in [3.63, 3.8) is 0 Å². The molecule has 29 heavy (non-hydrogen) atoms. The summed E-state index contributed by atoms with van der Waals surface area (Å²) in [6.07, 6.45) is 6.14. The molecule has 0 spiro atoms. The minimum Gasteiger partial charge on any atom is -0.378 e. The number of imidazole rings is 1. The predicted octanol–water partition coefficient (Wildman–Crippen LogP) is 3.53. The zero-order valence-electron chi connectivity index (χ0n) is 18.3. The van der Waals surface area contributed by atoms with Crippen LogP contribution in [0.25, 0.3) is 5.65 Å². The number of ether oxygens (including phenoxy) is 2. The van der Waals surface area contributed by atoms with E-state index in [1.807, 2.05) is 17.4 Å². The third-order valence-electron chi connectivity index (χ3n) is 5.90. The first-order valence-electron chi connectivity index (χ1n) is 10.7. The topological polar surface area (TPSA) is 77.8 Å². The Balaban J connectivity index is 1.71. The van der Waals surface area contributed by atoms with Crippen LogP contribution in [-0.2, 0) is 16.1 Å². The number of carbonyl (C=O) groups excluding carboxylic acids is 1. The van der Waals surface area contributed by atoms with Gasteiger partial charge in [0.25, 0.3) is 5.91 Å². The summed E-state index contributed by atoms with van der Waals surface area (Å²) in [7, 11) is 1.64. The zero-order valence-corrected chi connectivity index (χ0v) is 18.3. The maximum atomic E-state index is 13.1. The Bertz CT molecular complexity index is 823. The fourth-order valence-electron chi connectivity index (χ4n) is 4.38. The molecule has 0 saturated heterocycles. The molecule has 1 amide bonds. The van der Waals surface area contributed by atoms with Gasteiger partial charge in [-0.05, 0) is 44.1 Å². The largest absolute Gasteiger partial charge is 0.378 e. The lowest BCUT2D eigenvalue weighted by Gasteiger charge is -2.39. The molecule has 0 aromatic carbocycles. The van der Waals surface area contributed by atoms with Crippen LogP contribution in [0.15, 0.2) is 12.4 Å². The summed E-state index contributed by atoms with van der Waals surface area (Å²) in [5, 5.41) is 3.23. The van der Waals surface area contributed by atoms with Crippen molar-refractivity contribution in [3.05, 3.63) is 29.5 Å². The van der Waals surface area contributed by atoms with E-state index < -0.39 is 0 Å². The van der Waals surface area contributed by atoms with Crippen molar-refractivity contribution >= 4 is 11.6 Å². The Kier molecular flexibility index (Phi) is 7.24. The Morgan fingerprint density at radius 1 is 1.31 bits per heavy atom. The summed E-state index contributed by atoms with van der Waals surface area (Å²) in [4.78, 5) is 22.0. The van der Waals surface area contributed by atoms with Crippen molar-refractivity contribution < 1.29 is 14.3 Å². The van der Waals surface area contributed by atoms with Crippen LogP contribution in [0.5, 0.6) is 0 Å². The normalized spacial score (nSPS) is 24.7. The average Bonchev–Trinajstić information content (AvgIpc) is 3.10. The first kappa shape index (κ1) is 21.7. The van der Waals surface area contributed by atoms with E-state index in [4.69, 9.17) is 9.47 Å². The summed E-state index contributed by atoms with van der Waals surface area (Å²) in [5.41, 5.74) is 2.71. The monoisotopic (exact) mass is 402 g/mol. The summed E-state index contributed by atoms with van der Waals surface area (Å²) in [6.45, 7) is 9.77. The molecular formula is C22H34N4O3. The Morgan fingerprint density at radius 2 is 2.03 bits per heavy atom. The van der Waals surface area contributed by atoms with Gasteiger partial charge in [-0.1, -0.05) is 27.2 Å². The molecule has 0 unspecified atom stereocenters. The number of aromatic nitrogens is 3. The lowest BCUT2D eigenvalue weighted by molar-refractivity contribution is -0.0116. The van der Waals surface area contributed by atoms with Gasteiger partial charge in [-0.15, -0.1) is 0 Å². The molecule has 0 bridgehead atoms. The van der Waals surface area contributed by atoms with E-state index in [-0.39, 0.29) is 18.1 Å². The molecular weight excluding hydrogens is 368 g/mol. The van der Waals surface area contributed by atoms with E-state index in [1.54, 1.807) is 13.4 Å². The number of rotatable bonds is 8. The molecule has 3 rings (SSSR count). The maximum Gasteiger partial charge on any atom is 0.274 e. The summed E-state index contributed by atoms with van der Waals surface area (Å²) < 4.78 is 13.1. The van der Waals surface area contributed by atoms with Gasteiger partial charge < -0.3 is 14.8 Å². The van der Waals surface area contributed by atoms with Crippen molar-refractivity contribution in [3.8, 4) is 0 Å². The number of nitrogens with zero attached hydrogens (tertiary/aromatic N) is 3. The quantitative estimate of drug-likeness (QED) is 0.684. The van der Waals surface area contributed by atoms with Crippen LogP contribution in [0, 0.1) is 18.8 Å². The lowest BCUT2D eigenvalue weighted by Crippen LogP contribution is -2.49. The van der Waals surface area contributed by atoms with E-state index in [9.17, 15) is 4.79 Å². The number of methoxy groups -OCH3 is 1. The molecule has 7 heteroatoms. The molecule has 160 valence electrons. The standard InChI is InChI=1S/C22H34N4O3/c1-6-7-8-29-18-9-14(2)19(15(3)10-18)25-22(27)20-21-24-17(12-28-5)11-16(4)26(21)13-23-20/h11,13-15,18-19H,6-10,12H2,1-5H3,(H,25,27)/t14-,15+,18+,19+. The van der Waals surface area contributed by atoms with E-state index in [0.717, 1.165) is 43.7 Å². The van der Waals surface area contributed by atoms with Gasteiger partial charge >= 0.3 is 0 Å². The van der Waals surface area contributed by atoms with Gasteiger partial charge in [0.05, 0.1) is 18.4 Å². The molecule has 2 aromatic heterocycles. The molecule has 1 fully saturated rings. The second-order valence-corrected chi connectivity index (χ2v) is 8.38. The van der Waals surface area contributed by atoms with Crippen molar-refractivity contribution in [1.29, 1.82) is 0 Å². The number of hydrogen-bond acceptors (Lipinski definition) is 5. The molecule has 2 aromatic rings. The number of carbonyl (C=O) groups is 1. The highest BCUT2D eigenvalue weighted by Crippen LogP contribution is 2.31. The molecule has 1 N–H and O–H groups in total. The number of unbranched alkanes of at least 4 members (excludes halogenated alkanes) is 1. The SMILES string of the molecule is CCCCO[C@H]1C[C@@H](C)[C@H](NC(=O)c2ncn3c(C)cc(COC)nc23)[C@@H](C)C1. The molecule has 4 atom stereocenters. The Hall–Kier alpha value is -1.99. The van der Waals surface area contributed by atoms with Gasteiger partial charge in [0.15, 0.2) is 11.3 Å². The van der Waals surface area contributed by atoms with Crippen LogP contribution in [0.4, 0.5) is 0 Å². The Morgan fingerprint density at radius 3 is 2.69 bits per heavy atom. The van der Waals surface area contributed by atoms with E-state index >= 15 is 0 Å². The summed E-state index contributed by atoms with van der Waals surface area (Å²) >= 11 is 0. The van der Waals surface area contributed by atoms with Crippen molar-refractivity contribution in [2.24, 2.45) is 11.8 Å². The summed E-state index contributed by atoms with van der Waals surface area (Å²) in [5.74, 6) is 0.534. The van der Waals surface area contributed by atoms with Crippen molar-refractivity contribution in [1.82, 2.24) is 19.7 Å². The van der Waals surface area contributed by atoms with E-state index in [1.165, 1.54) is 0 Å². The fourth-order valence-corrected chi connectivity index (χ4v) is 4.38. The van der Waals surface area contributed by atoms with E-state index in [0.29, 0.717) is 29.8 Å². The maximum absolute atomic E-state index is 13.1. The van der Waals surface area contributed by atoms with Gasteiger partial charge in [0, 0.05) is 25.5 Å². The molecule has 0 radical (unpaired) electrons. The molecule has 1 saturated carbocycles. The van der Waals surface area contributed by atoms with Crippen LogP contribution in [0.2, 0.25) is 0 Å². The molecule has 7 nitrogen and oxygen atoms in total. The highest BCUT2D eigenvalue weighted by molar-refractivity contribution is 5.98. The number of amides is 1. The van der Waals surface area contributed by atoms with Crippen molar-refractivity contribution in [2.45, 2.75) is 72.1 Å². The highest BCUT2D eigenvalue weighted by Gasteiger charge is 2.35. The first-order valence-corrected chi connectivity index (χ1v) is 10.7. The van der Waals surface area contributed by atoms with Gasteiger partial charge in [0.1, 0.15) is 6.33 Å². The number of aryl methyl sites for hydroxylation is 1. The minimum atomic E-state index is -0.164. The zero-order chi connectivity index (χ0) is 21.0. The fraction of sp³-hybridized carbons (Fsp3) is 0.682. The van der Waals surface area contributed by atoms with Gasteiger partial charge in [-0.2, -0.15) is 0 Å². The van der Waals surface area contributed by atoms with E-state index in [2.05, 4.69) is 36.1 Å². The lowest BCUT2D eigenvalue weighted by atomic mass is 9.77. The highest BCUT2D eigenvalue weighted by atomic mass is 16.5. The van der Waals surface area contributed by atoms with Crippen LogP contribution in [0.1, 0.15) is 68.3 Å². The number of fused-ring (bicyclic) bond motifs is 1. The molecule has 0 aliphatic heterocycles. The van der Waals surface area contributed by atoms with Crippen molar-refractivity contribution in [2.75, 3.05) is 13.7 Å². The Labute approximate surface area is 173 Å². The van der Waals surface area contributed by atoms with Crippen LogP contribution in [-0.4, -0.2) is 46.1 Å². The molecule has 1 aliphatic rings. The second-order valence-electron chi connectivity index (χ2n) is 8.38. The van der Waals surface area contributed by atoms with Gasteiger partial charge in [-0.3, -0.25) is 9.20 Å². The number of nitrogens with one attached hydrogen (secondary N) is 1. The third-order valence-corrected chi connectivity index (χ3v) is 5.90. The van der Waals surface area contributed by atoms with Gasteiger partial charge in [0.2, 0.25) is 0 Å². The van der Waals surface area contributed by atoms with Gasteiger partial charge in [-0.25, -0.2) is 9.97 Å². The van der Waals surface area contributed by atoms with Crippen LogP contribution < -0.4 is 5.32 Å². The smallest absolute Gasteiger partial charge is 0.274 e. The number of hydrogen-bond donors (Lipinski definition) is 1. The minimum absolute atomic E-state index is 0.105. The molecule has 2 heterocycles. The summed E-state index contributed by atoms with van der Waals surface area (Å²) in [6, 6.07) is 2.05. The third kappa shape index (κ3) is 4.95. The average molecular weight is 403 g/mol. The predicted molar refractivity (Wildman–Crippen MR) is 112 cm³/mol. The molecule has 1 aliphatic carbocycles. The van der Waals surface area contributed by atoms with Crippen LogP contribution >= 0.6 is 0 Å². The van der Waals surface area contributed by atoms with Crippen LogP contribution in [0.3, 0.4) is 0 Å².